The van der Waals surface area contributed by atoms with Crippen molar-refractivity contribution in [3.8, 4) is 22.8 Å². The lowest BCUT2D eigenvalue weighted by Gasteiger charge is -2.08. The Morgan fingerprint density at radius 3 is 2.50 bits per heavy atom. The molecule has 0 spiro atoms. The second-order valence-electron chi connectivity index (χ2n) is 4.27. The van der Waals surface area contributed by atoms with Crippen LogP contribution >= 0.6 is 0 Å². The van der Waals surface area contributed by atoms with Crippen molar-refractivity contribution in [1.82, 2.24) is 9.97 Å². The second-order valence-corrected chi connectivity index (χ2v) is 4.27. The third-order valence-corrected chi connectivity index (χ3v) is 2.87. The first-order valence-corrected chi connectivity index (χ1v) is 5.65. The standard InChI is InChI=1S/C13H13N3O2/c1-7-3-11-12(18-6-17-11)5-9(7)10-4-8(2)15-13(14)16-10/h3-5H,6H2,1-2H3,(H2,14,15,16). The van der Waals surface area contributed by atoms with Gasteiger partial charge in [-0.1, -0.05) is 0 Å². The molecule has 5 nitrogen and oxygen atoms in total. The maximum absolute atomic E-state index is 5.68. The fourth-order valence-corrected chi connectivity index (χ4v) is 2.05. The summed E-state index contributed by atoms with van der Waals surface area (Å²) in [6, 6.07) is 5.78. The van der Waals surface area contributed by atoms with E-state index in [1.54, 1.807) is 0 Å². The fraction of sp³-hybridized carbons (Fsp3) is 0.231. The van der Waals surface area contributed by atoms with E-state index in [2.05, 4.69) is 9.97 Å². The van der Waals surface area contributed by atoms with Crippen molar-refractivity contribution in [1.29, 1.82) is 0 Å². The smallest absolute Gasteiger partial charge is 0.231 e. The molecule has 2 N–H and O–H groups in total. The lowest BCUT2D eigenvalue weighted by atomic mass is 10.0. The molecular formula is C13H13N3O2. The number of fused-ring (bicyclic) bond motifs is 1. The van der Waals surface area contributed by atoms with Crippen LogP contribution in [0.5, 0.6) is 11.5 Å². The Kier molecular flexibility index (Phi) is 2.33. The minimum Gasteiger partial charge on any atom is -0.454 e. The quantitative estimate of drug-likeness (QED) is 0.830. The van der Waals surface area contributed by atoms with Gasteiger partial charge in [-0.15, -0.1) is 0 Å². The predicted octanol–water partition coefficient (Wildman–Crippen LogP) is 2.07. The summed E-state index contributed by atoms with van der Waals surface area (Å²) >= 11 is 0. The number of rotatable bonds is 1. The number of hydrogen-bond acceptors (Lipinski definition) is 5. The zero-order valence-electron chi connectivity index (χ0n) is 10.2. The highest BCUT2D eigenvalue weighted by Gasteiger charge is 2.17. The molecule has 0 saturated heterocycles. The molecule has 0 amide bonds. The Morgan fingerprint density at radius 2 is 1.78 bits per heavy atom. The number of ether oxygens (including phenoxy) is 2. The number of nitrogens with zero attached hydrogens (tertiary/aromatic N) is 2. The number of nitrogens with two attached hydrogens (primary N) is 1. The molecule has 0 unspecified atom stereocenters. The molecule has 1 aromatic carbocycles. The number of nitrogen functional groups attached to an aromatic ring is 1. The Balaban J connectivity index is 2.16. The van der Waals surface area contributed by atoms with E-state index in [0.717, 1.165) is 34.0 Å². The molecule has 0 fully saturated rings. The summed E-state index contributed by atoms with van der Waals surface area (Å²) in [7, 11) is 0. The fourth-order valence-electron chi connectivity index (χ4n) is 2.05. The van der Waals surface area contributed by atoms with Gasteiger partial charge in [-0.25, -0.2) is 9.97 Å². The largest absolute Gasteiger partial charge is 0.454 e. The lowest BCUT2D eigenvalue weighted by molar-refractivity contribution is 0.174. The van der Waals surface area contributed by atoms with Crippen molar-refractivity contribution in [3.63, 3.8) is 0 Å². The first-order chi connectivity index (χ1) is 8.63. The zero-order chi connectivity index (χ0) is 12.7. The summed E-state index contributed by atoms with van der Waals surface area (Å²) in [5.74, 6) is 1.79. The number of aromatic nitrogens is 2. The molecule has 0 bridgehead atoms. The Labute approximate surface area is 105 Å². The number of hydrogen-bond donors (Lipinski definition) is 1. The molecule has 0 atom stereocenters. The monoisotopic (exact) mass is 243 g/mol. The van der Waals surface area contributed by atoms with Gasteiger partial charge in [0.1, 0.15) is 0 Å². The third-order valence-electron chi connectivity index (χ3n) is 2.87. The number of benzene rings is 1. The van der Waals surface area contributed by atoms with Gasteiger partial charge in [0.25, 0.3) is 0 Å². The lowest BCUT2D eigenvalue weighted by Crippen LogP contribution is -1.99. The normalized spacial score (nSPS) is 12.8. The highest BCUT2D eigenvalue weighted by Crippen LogP contribution is 2.38. The van der Waals surface area contributed by atoms with Crippen LogP contribution in [-0.2, 0) is 0 Å². The van der Waals surface area contributed by atoms with Gasteiger partial charge in [0, 0.05) is 11.3 Å². The SMILES string of the molecule is Cc1cc(-c2cc3c(cc2C)OCO3)nc(N)n1. The van der Waals surface area contributed by atoms with Crippen molar-refractivity contribution in [3.05, 3.63) is 29.5 Å². The molecule has 1 aliphatic heterocycles. The van der Waals surface area contributed by atoms with Crippen molar-refractivity contribution in [2.75, 3.05) is 12.5 Å². The van der Waals surface area contributed by atoms with Crippen LogP contribution in [0.2, 0.25) is 0 Å². The van der Waals surface area contributed by atoms with Crippen molar-refractivity contribution >= 4 is 5.95 Å². The molecule has 2 heterocycles. The molecule has 0 radical (unpaired) electrons. The molecule has 18 heavy (non-hydrogen) atoms. The Hall–Kier alpha value is -2.30. The summed E-state index contributed by atoms with van der Waals surface area (Å²) in [6.07, 6.45) is 0. The van der Waals surface area contributed by atoms with E-state index in [-0.39, 0.29) is 12.7 Å². The maximum Gasteiger partial charge on any atom is 0.231 e. The summed E-state index contributed by atoms with van der Waals surface area (Å²) in [5.41, 5.74) is 9.37. The average Bonchev–Trinajstić information content (AvgIpc) is 2.73. The van der Waals surface area contributed by atoms with E-state index >= 15 is 0 Å². The van der Waals surface area contributed by atoms with Crippen LogP contribution in [0.3, 0.4) is 0 Å². The van der Waals surface area contributed by atoms with Crippen LogP contribution in [0.4, 0.5) is 5.95 Å². The van der Waals surface area contributed by atoms with E-state index in [9.17, 15) is 0 Å². The highest BCUT2D eigenvalue weighted by atomic mass is 16.7. The topological polar surface area (TPSA) is 70.3 Å². The van der Waals surface area contributed by atoms with Gasteiger partial charge in [-0.05, 0) is 37.6 Å². The van der Waals surface area contributed by atoms with Crippen molar-refractivity contribution < 1.29 is 9.47 Å². The van der Waals surface area contributed by atoms with Crippen LogP contribution in [0.1, 0.15) is 11.3 Å². The molecule has 2 aromatic rings. The minimum absolute atomic E-state index is 0.267. The van der Waals surface area contributed by atoms with Crippen LogP contribution in [-0.4, -0.2) is 16.8 Å². The van der Waals surface area contributed by atoms with Gasteiger partial charge in [0.05, 0.1) is 5.69 Å². The molecule has 1 aliphatic rings. The minimum atomic E-state index is 0.267. The highest BCUT2D eigenvalue weighted by molar-refractivity contribution is 5.69. The van der Waals surface area contributed by atoms with Gasteiger partial charge >= 0.3 is 0 Å². The van der Waals surface area contributed by atoms with E-state index in [1.807, 2.05) is 32.0 Å². The summed E-state index contributed by atoms with van der Waals surface area (Å²) in [6.45, 7) is 4.16. The van der Waals surface area contributed by atoms with Gasteiger partial charge in [-0.2, -0.15) is 0 Å². The van der Waals surface area contributed by atoms with E-state index in [1.165, 1.54) is 0 Å². The molecule has 3 rings (SSSR count). The predicted molar refractivity (Wildman–Crippen MR) is 67.5 cm³/mol. The van der Waals surface area contributed by atoms with E-state index in [0.29, 0.717) is 0 Å². The molecular weight excluding hydrogens is 230 g/mol. The van der Waals surface area contributed by atoms with E-state index < -0.39 is 0 Å². The van der Waals surface area contributed by atoms with Crippen LogP contribution < -0.4 is 15.2 Å². The molecule has 0 aliphatic carbocycles. The number of anilines is 1. The Morgan fingerprint density at radius 1 is 1.06 bits per heavy atom. The summed E-state index contributed by atoms with van der Waals surface area (Å²) < 4.78 is 10.7. The second kappa shape index (κ2) is 3.87. The molecule has 1 aromatic heterocycles. The van der Waals surface area contributed by atoms with Crippen molar-refractivity contribution in [2.24, 2.45) is 0 Å². The van der Waals surface area contributed by atoms with Gasteiger partial charge in [0.2, 0.25) is 12.7 Å². The van der Waals surface area contributed by atoms with Crippen LogP contribution in [0, 0.1) is 13.8 Å². The van der Waals surface area contributed by atoms with Gasteiger partial charge in [-0.3, -0.25) is 0 Å². The zero-order valence-corrected chi connectivity index (χ0v) is 10.2. The first kappa shape index (κ1) is 10.8. The van der Waals surface area contributed by atoms with Crippen molar-refractivity contribution in [2.45, 2.75) is 13.8 Å². The van der Waals surface area contributed by atoms with Gasteiger partial charge < -0.3 is 15.2 Å². The number of aryl methyl sites for hydroxylation is 2. The van der Waals surface area contributed by atoms with Crippen LogP contribution in [0.25, 0.3) is 11.3 Å². The summed E-state index contributed by atoms with van der Waals surface area (Å²) in [5, 5.41) is 0. The molecule has 92 valence electrons. The Bertz CT molecular complexity index is 606. The molecule has 5 heteroatoms. The van der Waals surface area contributed by atoms with Crippen LogP contribution in [0.15, 0.2) is 18.2 Å². The summed E-state index contributed by atoms with van der Waals surface area (Å²) in [4.78, 5) is 8.33. The average molecular weight is 243 g/mol. The molecule has 0 saturated carbocycles. The van der Waals surface area contributed by atoms with Gasteiger partial charge in [0.15, 0.2) is 11.5 Å². The van der Waals surface area contributed by atoms with E-state index in [4.69, 9.17) is 15.2 Å². The third kappa shape index (κ3) is 1.73. The maximum atomic E-state index is 5.68. The first-order valence-electron chi connectivity index (χ1n) is 5.65.